The zero-order valence-electron chi connectivity index (χ0n) is 10.9. The third kappa shape index (κ3) is 3.32. The van der Waals surface area contributed by atoms with Crippen LogP contribution in [0.5, 0.6) is 17.2 Å². The number of phenolic OH excluding ortho intramolecular Hbond substituents is 2. The van der Waals surface area contributed by atoms with Crippen molar-refractivity contribution in [2.45, 2.75) is 0 Å². The highest BCUT2D eigenvalue weighted by molar-refractivity contribution is 6.36. The fraction of sp³-hybridized carbons (Fsp3) is 0.0714. The molecular formula is C14H11Cl2NO4. The molecule has 110 valence electrons. The standard InChI is InChI=1S/C14H11Cl2NO4/c1-21-12-3-2-7(4-11(12)18)14(20)17-10-6-8(15)5-9(16)13(10)19/h2-6,18-19H,1H3,(H,17,20). The molecule has 0 radical (unpaired) electrons. The van der Waals surface area contributed by atoms with Crippen molar-refractivity contribution in [1.82, 2.24) is 0 Å². The maximum atomic E-state index is 12.1. The van der Waals surface area contributed by atoms with E-state index < -0.39 is 5.91 Å². The van der Waals surface area contributed by atoms with E-state index in [0.29, 0.717) is 0 Å². The highest BCUT2D eigenvalue weighted by atomic mass is 35.5. The van der Waals surface area contributed by atoms with Gasteiger partial charge in [0, 0.05) is 10.6 Å². The molecule has 2 aromatic carbocycles. The van der Waals surface area contributed by atoms with Crippen molar-refractivity contribution in [3.63, 3.8) is 0 Å². The van der Waals surface area contributed by atoms with E-state index >= 15 is 0 Å². The summed E-state index contributed by atoms with van der Waals surface area (Å²) in [6.45, 7) is 0. The highest BCUT2D eigenvalue weighted by Gasteiger charge is 2.14. The molecule has 0 aliphatic carbocycles. The van der Waals surface area contributed by atoms with Crippen molar-refractivity contribution >= 4 is 34.8 Å². The number of hydrogen-bond acceptors (Lipinski definition) is 4. The number of benzene rings is 2. The zero-order chi connectivity index (χ0) is 15.6. The fourth-order valence-corrected chi connectivity index (χ4v) is 2.18. The summed E-state index contributed by atoms with van der Waals surface area (Å²) in [5, 5.41) is 22.2. The Morgan fingerprint density at radius 3 is 2.52 bits per heavy atom. The number of anilines is 1. The average Bonchev–Trinajstić information content (AvgIpc) is 2.44. The summed E-state index contributed by atoms with van der Waals surface area (Å²) in [4.78, 5) is 12.1. The molecule has 0 aromatic heterocycles. The third-order valence-electron chi connectivity index (χ3n) is 2.72. The van der Waals surface area contributed by atoms with Crippen LogP contribution in [0.2, 0.25) is 10.0 Å². The van der Waals surface area contributed by atoms with Crippen LogP contribution in [0.25, 0.3) is 0 Å². The van der Waals surface area contributed by atoms with Crippen LogP contribution in [-0.4, -0.2) is 23.2 Å². The summed E-state index contributed by atoms with van der Waals surface area (Å²) in [6, 6.07) is 6.89. The van der Waals surface area contributed by atoms with Crippen LogP contribution in [-0.2, 0) is 0 Å². The van der Waals surface area contributed by atoms with Gasteiger partial charge in [0.25, 0.3) is 5.91 Å². The van der Waals surface area contributed by atoms with Crippen LogP contribution in [0, 0.1) is 0 Å². The van der Waals surface area contributed by atoms with Gasteiger partial charge in [-0.15, -0.1) is 0 Å². The Morgan fingerprint density at radius 1 is 1.19 bits per heavy atom. The summed E-state index contributed by atoms with van der Waals surface area (Å²) < 4.78 is 4.89. The monoisotopic (exact) mass is 327 g/mol. The molecule has 0 saturated carbocycles. The summed E-state index contributed by atoms with van der Waals surface area (Å²) in [5.74, 6) is -0.743. The van der Waals surface area contributed by atoms with Crippen LogP contribution in [0.4, 0.5) is 5.69 Å². The van der Waals surface area contributed by atoms with Gasteiger partial charge in [0.05, 0.1) is 17.8 Å². The predicted molar refractivity (Wildman–Crippen MR) is 80.7 cm³/mol. The Hall–Kier alpha value is -2.11. The third-order valence-corrected chi connectivity index (χ3v) is 3.22. The van der Waals surface area contributed by atoms with Gasteiger partial charge in [-0.25, -0.2) is 0 Å². The van der Waals surface area contributed by atoms with Crippen molar-refractivity contribution < 1.29 is 19.7 Å². The second-order valence-corrected chi connectivity index (χ2v) is 4.97. The topological polar surface area (TPSA) is 78.8 Å². The number of methoxy groups -OCH3 is 1. The minimum Gasteiger partial charge on any atom is -0.504 e. The van der Waals surface area contributed by atoms with Crippen molar-refractivity contribution in [2.24, 2.45) is 0 Å². The molecule has 2 rings (SSSR count). The second kappa shape index (κ2) is 6.11. The van der Waals surface area contributed by atoms with E-state index in [1.807, 2.05) is 0 Å². The molecule has 5 nitrogen and oxygen atoms in total. The second-order valence-electron chi connectivity index (χ2n) is 4.12. The number of carbonyl (C=O) groups is 1. The molecule has 1 amide bonds. The Morgan fingerprint density at radius 2 is 1.90 bits per heavy atom. The first-order valence-corrected chi connectivity index (χ1v) is 6.54. The molecule has 0 atom stereocenters. The minimum absolute atomic E-state index is 0.0235. The highest BCUT2D eigenvalue weighted by Crippen LogP contribution is 2.35. The largest absolute Gasteiger partial charge is 0.504 e. The van der Waals surface area contributed by atoms with Gasteiger partial charge in [-0.3, -0.25) is 4.79 Å². The molecule has 0 fully saturated rings. The molecule has 7 heteroatoms. The van der Waals surface area contributed by atoms with E-state index in [0.717, 1.165) is 0 Å². The summed E-state index contributed by atoms with van der Waals surface area (Å²) in [5.41, 5.74) is 0.261. The smallest absolute Gasteiger partial charge is 0.255 e. The lowest BCUT2D eigenvalue weighted by molar-refractivity contribution is 0.102. The molecule has 0 bridgehead atoms. The first-order chi connectivity index (χ1) is 9.92. The Balaban J connectivity index is 2.28. The van der Waals surface area contributed by atoms with Gasteiger partial charge >= 0.3 is 0 Å². The van der Waals surface area contributed by atoms with Crippen LogP contribution in [0.3, 0.4) is 0 Å². The van der Waals surface area contributed by atoms with Crippen molar-refractivity contribution in [3.05, 3.63) is 45.9 Å². The lowest BCUT2D eigenvalue weighted by Gasteiger charge is -2.10. The van der Waals surface area contributed by atoms with Crippen molar-refractivity contribution in [1.29, 1.82) is 0 Å². The predicted octanol–water partition coefficient (Wildman–Crippen LogP) is 3.67. The van der Waals surface area contributed by atoms with E-state index in [9.17, 15) is 15.0 Å². The maximum absolute atomic E-state index is 12.1. The molecule has 0 heterocycles. The number of hydrogen-bond donors (Lipinski definition) is 3. The van der Waals surface area contributed by atoms with E-state index in [4.69, 9.17) is 27.9 Å². The minimum atomic E-state index is -0.540. The van der Waals surface area contributed by atoms with E-state index in [1.54, 1.807) is 0 Å². The lowest BCUT2D eigenvalue weighted by Crippen LogP contribution is -2.12. The summed E-state index contributed by atoms with van der Waals surface area (Å²) >= 11 is 11.6. The molecular weight excluding hydrogens is 317 g/mol. The Kier molecular flexibility index (Phi) is 4.45. The molecule has 0 aliphatic heterocycles. The van der Waals surface area contributed by atoms with Crippen molar-refractivity contribution in [2.75, 3.05) is 12.4 Å². The molecule has 0 aliphatic rings. The number of ether oxygens (including phenoxy) is 1. The van der Waals surface area contributed by atoms with Gasteiger partial charge < -0.3 is 20.3 Å². The first-order valence-electron chi connectivity index (χ1n) is 5.78. The SMILES string of the molecule is COc1ccc(C(=O)Nc2cc(Cl)cc(Cl)c2O)cc1O. The van der Waals surface area contributed by atoms with Crippen LogP contribution >= 0.6 is 23.2 Å². The van der Waals surface area contributed by atoms with E-state index in [1.165, 1.54) is 37.4 Å². The molecule has 0 saturated heterocycles. The number of amides is 1. The van der Waals surface area contributed by atoms with Gasteiger partial charge in [-0.1, -0.05) is 23.2 Å². The van der Waals surface area contributed by atoms with Gasteiger partial charge in [0.15, 0.2) is 17.2 Å². The van der Waals surface area contributed by atoms with Gasteiger partial charge in [-0.05, 0) is 30.3 Å². The quantitative estimate of drug-likeness (QED) is 0.751. The number of nitrogens with one attached hydrogen (secondary N) is 1. The molecule has 0 unspecified atom stereocenters. The lowest BCUT2D eigenvalue weighted by atomic mass is 10.2. The first kappa shape index (κ1) is 15.3. The zero-order valence-corrected chi connectivity index (χ0v) is 12.4. The van der Waals surface area contributed by atoms with Crippen molar-refractivity contribution in [3.8, 4) is 17.2 Å². The Labute approximate surface area is 130 Å². The Bertz CT molecular complexity index is 704. The number of aromatic hydroxyl groups is 2. The van der Waals surface area contributed by atoms with Gasteiger partial charge in [0.1, 0.15) is 0 Å². The average molecular weight is 328 g/mol. The molecule has 2 aromatic rings. The van der Waals surface area contributed by atoms with Gasteiger partial charge in [-0.2, -0.15) is 0 Å². The van der Waals surface area contributed by atoms with Crippen LogP contribution in [0.1, 0.15) is 10.4 Å². The van der Waals surface area contributed by atoms with Crippen LogP contribution in [0.15, 0.2) is 30.3 Å². The van der Waals surface area contributed by atoms with E-state index in [-0.39, 0.29) is 38.5 Å². The van der Waals surface area contributed by atoms with E-state index in [2.05, 4.69) is 5.32 Å². The number of rotatable bonds is 3. The summed E-state index contributed by atoms with van der Waals surface area (Å²) in [6.07, 6.45) is 0. The number of halogens is 2. The summed E-state index contributed by atoms with van der Waals surface area (Å²) in [7, 11) is 1.40. The number of phenols is 2. The molecule has 21 heavy (non-hydrogen) atoms. The maximum Gasteiger partial charge on any atom is 0.255 e. The number of carbonyl (C=O) groups excluding carboxylic acids is 1. The normalized spacial score (nSPS) is 10.2. The molecule has 3 N–H and O–H groups in total. The molecule has 0 spiro atoms. The fourth-order valence-electron chi connectivity index (χ4n) is 1.69. The van der Waals surface area contributed by atoms with Gasteiger partial charge in [0.2, 0.25) is 0 Å². The van der Waals surface area contributed by atoms with Crippen LogP contribution < -0.4 is 10.1 Å².